The molecule has 0 saturated carbocycles. The fourth-order valence-electron chi connectivity index (χ4n) is 0.525. The van der Waals surface area contributed by atoms with E-state index < -0.39 is 25.1 Å². The fraction of sp³-hybridized carbons (Fsp3) is 1.00. The Morgan fingerprint density at radius 2 is 1.73 bits per heavy atom. The molecule has 68 valence electrons. The average molecular weight is 178 g/mol. The van der Waals surface area contributed by atoms with Crippen LogP contribution >= 0.6 is 0 Å². The van der Waals surface area contributed by atoms with Crippen molar-refractivity contribution < 1.29 is 26.7 Å². The van der Waals surface area contributed by atoms with E-state index in [0.29, 0.717) is 0 Å². The normalized spacial score (nSPS) is 15.5. The second kappa shape index (κ2) is 3.85. The van der Waals surface area contributed by atoms with E-state index >= 15 is 0 Å². The van der Waals surface area contributed by atoms with Gasteiger partial charge < -0.3 is 4.74 Å². The number of hydrogen-bond acceptors (Lipinski definition) is 1. The van der Waals surface area contributed by atoms with E-state index in [4.69, 9.17) is 0 Å². The third-order valence-corrected chi connectivity index (χ3v) is 1.04. The van der Waals surface area contributed by atoms with Gasteiger partial charge in [0.25, 0.3) is 0 Å². The van der Waals surface area contributed by atoms with E-state index in [1.807, 2.05) is 0 Å². The molecule has 11 heavy (non-hydrogen) atoms. The zero-order chi connectivity index (χ0) is 9.07. The van der Waals surface area contributed by atoms with Gasteiger partial charge in [0.05, 0.1) is 0 Å². The lowest BCUT2D eigenvalue weighted by molar-refractivity contribution is -0.221. The number of halogens is 5. The molecule has 0 aliphatic carbocycles. The highest BCUT2D eigenvalue weighted by molar-refractivity contribution is 4.67. The van der Waals surface area contributed by atoms with Gasteiger partial charge in [-0.2, -0.15) is 13.2 Å². The first-order chi connectivity index (χ1) is 4.88. The van der Waals surface area contributed by atoms with Gasteiger partial charge in [-0.15, -0.1) is 0 Å². The van der Waals surface area contributed by atoms with Gasteiger partial charge in [-0.25, -0.2) is 8.78 Å². The molecular formula is C5H7F5O. The van der Waals surface area contributed by atoms with E-state index in [1.54, 1.807) is 0 Å². The Labute approximate surface area is 60.1 Å². The van der Waals surface area contributed by atoms with Gasteiger partial charge in [-0.1, -0.05) is 0 Å². The van der Waals surface area contributed by atoms with Crippen LogP contribution in [0.2, 0.25) is 0 Å². The lowest BCUT2D eigenvalue weighted by Crippen LogP contribution is -2.32. The van der Waals surface area contributed by atoms with Crippen LogP contribution < -0.4 is 0 Å². The average Bonchev–Trinajstić information content (AvgIpc) is 1.79. The molecule has 0 heterocycles. The molecule has 0 aromatic rings. The van der Waals surface area contributed by atoms with Crippen LogP contribution in [0.4, 0.5) is 22.0 Å². The lowest BCUT2D eigenvalue weighted by atomic mass is 10.2. The molecule has 6 heteroatoms. The summed E-state index contributed by atoms with van der Waals surface area (Å²) in [6.07, 6.45) is -11.4. The summed E-state index contributed by atoms with van der Waals surface area (Å²) in [5, 5.41) is 0. The second-order valence-corrected chi connectivity index (χ2v) is 1.89. The van der Waals surface area contributed by atoms with E-state index in [0.717, 1.165) is 7.11 Å². The molecule has 0 radical (unpaired) electrons. The first-order valence-electron chi connectivity index (χ1n) is 2.75. The van der Waals surface area contributed by atoms with Crippen LogP contribution in [0.1, 0.15) is 6.42 Å². The van der Waals surface area contributed by atoms with Crippen molar-refractivity contribution in [1.82, 2.24) is 0 Å². The van der Waals surface area contributed by atoms with Gasteiger partial charge in [0.15, 0.2) is 6.10 Å². The van der Waals surface area contributed by atoms with Gasteiger partial charge in [-0.05, 0) is 0 Å². The predicted octanol–water partition coefficient (Wildman–Crippen LogP) is 2.22. The first-order valence-corrected chi connectivity index (χ1v) is 2.75. The van der Waals surface area contributed by atoms with Crippen molar-refractivity contribution in [3.05, 3.63) is 0 Å². The molecule has 0 aliphatic rings. The summed E-state index contributed by atoms with van der Waals surface area (Å²) < 4.78 is 61.5. The highest BCUT2D eigenvalue weighted by Crippen LogP contribution is 2.26. The number of ether oxygens (including phenoxy) is 1. The van der Waals surface area contributed by atoms with E-state index in [-0.39, 0.29) is 0 Å². The summed E-state index contributed by atoms with van der Waals surface area (Å²) in [4.78, 5) is 0. The molecule has 0 rings (SSSR count). The Kier molecular flexibility index (Phi) is 3.71. The van der Waals surface area contributed by atoms with Crippen molar-refractivity contribution in [2.24, 2.45) is 0 Å². The highest BCUT2D eigenvalue weighted by atomic mass is 19.4. The predicted molar refractivity (Wildman–Crippen MR) is 27.5 cm³/mol. The zero-order valence-corrected chi connectivity index (χ0v) is 5.66. The highest BCUT2D eigenvalue weighted by Gasteiger charge is 2.41. The maximum absolute atomic E-state index is 11.6. The summed E-state index contributed by atoms with van der Waals surface area (Å²) in [7, 11) is 0.751. The Bertz CT molecular complexity index is 110. The Balaban J connectivity index is 3.96. The zero-order valence-electron chi connectivity index (χ0n) is 5.66. The first kappa shape index (κ1) is 10.6. The van der Waals surface area contributed by atoms with Crippen LogP contribution in [-0.2, 0) is 4.74 Å². The van der Waals surface area contributed by atoms with Crippen molar-refractivity contribution in [3.8, 4) is 0 Å². The number of hydrogen-bond donors (Lipinski definition) is 0. The minimum absolute atomic E-state index is 0.751. The van der Waals surface area contributed by atoms with Crippen LogP contribution in [0.15, 0.2) is 0 Å². The van der Waals surface area contributed by atoms with Gasteiger partial charge in [0, 0.05) is 13.5 Å². The van der Waals surface area contributed by atoms with Crippen molar-refractivity contribution in [1.29, 1.82) is 0 Å². The Morgan fingerprint density at radius 3 is 1.82 bits per heavy atom. The molecule has 1 nitrogen and oxygen atoms in total. The summed E-state index contributed by atoms with van der Waals surface area (Å²) in [6.45, 7) is 0. The van der Waals surface area contributed by atoms with Crippen LogP contribution in [0.5, 0.6) is 0 Å². The smallest absolute Gasteiger partial charge is 0.372 e. The molecule has 0 N–H and O–H groups in total. The van der Waals surface area contributed by atoms with Crippen LogP contribution in [0.3, 0.4) is 0 Å². The van der Waals surface area contributed by atoms with Gasteiger partial charge in [0.1, 0.15) is 0 Å². The molecule has 0 aliphatic heterocycles. The monoisotopic (exact) mass is 178 g/mol. The van der Waals surface area contributed by atoms with Crippen molar-refractivity contribution in [2.75, 3.05) is 7.11 Å². The minimum Gasteiger partial charge on any atom is -0.372 e. The van der Waals surface area contributed by atoms with E-state index in [2.05, 4.69) is 4.74 Å². The van der Waals surface area contributed by atoms with Crippen LogP contribution in [0.25, 0.3) is 0 Å². The molecule has 1 atom stereocenters. The topological polar surface area (TPSA) is 9.23 Å². The summed E-state index contributed by atoms with van der Waals surface area (Å²) in [5.74, 6) is 0. The summed E-state index contributed by atoms with van der Waals surface area (Å²) >= 11 is 0. The maximum Gasteiger partial charge on any atom is 0.414 e. The van der Waals surface area contributed by atoms with Gasteiger partial charge >= 0.3 is 6.18 Å². The largest absolute Gasteiger partial charge is 0.414 e. The molecule has 0 aromatic heterocycles. The molecule has 0 spiro atoms. The molecule has 0 saturated heterocycles. The van der Waals surface area contributed by atoms with Gasteiger partial charge in [0.2, 0.25) is 6.43 Å². The number of alkyl halides is 5. The molecule has 0 bridgehead atoms. The molecule has 0 amide bonds. The minimum atomic E-state index is -4.70. The maximum atomic E-state index is 11.6. The third-order valence-electron chi connectivity index (χ3n) is 1.04. The Hall–Kier alpha value is -0.390. The molecule has 0 aromatic carbocycles. The molecule has 0 fully saturated rings. The number of methoxy groups -OCH3 is 1. The quantitative estimate of drug-likeness (QED) is 0.602. The van der Waals surface area contributed by atoms with Crippen LogP contribution in [0, 0.1) is 0 Å². The Morgan fingerprint density at radius 1 is 1.27 bits per heavy atom. The SMILES string of the molecule is COC(CC(F)F)C(F)(F)F. The van der Waals surface area contributed by atoms with Crippen molar-refractivity contribution in [2.45, 2.75) is 25.1 Å². The molecule has 1 unspecified atom stereocenters. The van der Waals surface area contributed by atoms with Gasteiger partial charge in [-0.3, -0.25) is 0 Å². The summed E-state index contributed by atoms with van der Waals surface area (Å²) in [5.41, 5.74) is 0. The van der Waals surface area contributed by atoms with Crippen molar-refractivity contribution in [3.63, 3.8) is 0 Å². The second-order valence-electron chi connectivity index (χ2n) is 1.89. The number of rotatable bonds is 3. The molecular weight excluding hydrogens is 171 g/mol. The lowest BCUT2D eigenvalue weighted by Gasteiger charge is -2.17. The van der Waals surface area contributed by atoms with Crippen molar-refractivity contribution >= 4 is 0 Å². The van der Waals surface area contributed by atoms with E-state index in [1.165, 1.54) is 0 Å². The summed E-state index contributed by atoms with van der Waals surface area (Å²) in [6, 6.07) is 0. The third kappa shape index (κ3) is 4.13. The van der Waals surface area contributed by atoms with Crippen LogP contribution in [-0.4, -0.2) is 25.8 Å². The van der Waals surface area contributed by atoms with E-state index in [9.17, 15) is 22.0 Å². The standard InChI is InChI=1S/C5H7F5O/c1-11-3(2-4(6)7)5(8,9)10/h3-4H,2H2,1H3. The fourth-order valence-corrected chi connectivity index (χ4v) is 0.525.